The average molecular weight is 731 g/mol. The van der Waals surface area contributed by atoms with Crippen molar-refractivity contribution in [2.75, 3.05) is 0 Å². The predicted molar refractivity (Wildman–Crippen MR) is 230 cm³/mol. The Labute approximate surface area is 325 Å². The quantitative estimate of drug-likeness (QED) is 0.176. The minimum Gasteiger partial charge on any atom is -0.456 e. The molecule has 12 aromatic rings. The van der Waals surface area contributed by atoms with Crippen molar-refractivity contribution in [1.82, 2.24) is 19.5 Å². The number of hydrogen-bond donors (Lipinski definition) is 0. The van der Waals surface area contributed by atoms with Gasteiger partial charge in [-0.15, -0.1) is 0 Å². The Morgan fingerprint density at radius 1 is 0.298 bits per heavy atom. The Morgan fingerprint density at radius 2 is 0.684 bits per heavy atom. The van der Waals surface area contributed by atoms with Crippen molar-refractivity contribution in [1.29, 1.82) is 0 Å². The van der Waals surface area contributed by atoms with Crippen LogP contribution in [0, 0.1) is 0 Å². The number of para-hydroxylation sites is 2. The topological polar surface area (TPSA) is 69.9 Å². The lowest BCUT2D eigenvalue weighted by atomic mass is 10.0. The van der Waals surface area contributed by atoms with Crippen molar-refractivity contribution in [3.63, 3.8) is 0 Å². The summed E-state index contributed by atoms with van der Waals surface area (Å²) in [7, 11) is 0. The summed E-state index contributed by atoms with van der Waals surface area (Å²) in [5.74, 6) is 1.84. The van der Waals surface area contributed by atoms with Gasteiger partial charge in [-0.25, -0.2) is 15.0 Å². The van der Waals surface area contributed by atoms with Crippen molar-refractivity contribution in [3.05, 3.63) is 182 Å². The van der Waals surface area contributed by atoms with Gasteiger partial charge in [-0.3, -0.25) is 0 Å². The number of aromatic nitrogens is 4. The Balaban J connectivity index is 0.917. The number of furan rings is 2. The maximum Gasteiger partial charge on any atom is 0.164 e. The first kappa shape index (κ1) is 31.5. The van der Waals surface area contributed by atoms with Gasteiger partial charge in [0.25, 0.3) is 0 Å². The lowest BCUT2D eigenvalue weighted by Crippen LogP contribution is -2.00. The SMILES string of the molecule is c1ccc(-c2nc(-c3ccccc3)nc(-c3ccc4c(c3)oc3cc(-c5ccc6c(c5)oc5cc(-n7c8ccccc8c8ccccc87)ccc56)ccc34)n2)cc1. The molecule has 12 rings (SSSR count). The molecular formula is C51H30N4O2. The van der Waals surface area contributed by atoms with E-state index in [9.17, 15) is 0 Å². The van der Waals surface area contributed by atoms with E-state index in [1.165, 1.54) is 21.8 Å². The van der Waals surface area contributed by atoms with Crippen LogP contribution >= 0.6 is 0 Å². The first-order valence-corrected chi connectivity index (χ1v) is 19.0. The summed E-state index contributed by atoms with van der Waals surface area (Å²) in [6.07, 6.45) is 0. The van der Waals surface area contributed by atoms with E-state index in [0.29, 0.717) is 17.5 Å². The highest BCUT2D eigenvalue weighted by atomic mass is 16.3. The monoisotopic (exact) mass is 730 g/mol. The van der Waals surface area contributed by atoms with Gasteiger partial charge in [-0.2, -0.15) is 0 Å². The Kier molecular flexibility index (Phi) is 6.83. The molecule has 6 nitrogen and oxygen atoms in total. The maximum absolute atomic E-state index is 6.59. The first-order valence-electron chi connectivity index (χ1n) is 19.0. The van der Waals surface area contributed by atoms with Gasteiger partial charge in [0.15, 0.2) is 17.5 Å². The molecule has 0 aliphatic carbocycles. The molecule has 57 heavy (non-hydrogen) atoms. The zero-order valence-corrected chi connectivity index (χ0v) is 30.4. The fraction of sp³-hybridized carbons (Fsp3) is 0. The number of rotatable bonds is 5. The van der Waals surface area contributed by atoms with Crippen molar-refractivity contribution in [2.24, 2.45) is 0 Å². The molecule has 4 aromatic heterocycles. The number of fused-ring (bicyclic) bond motifs is 9. The highest BCUT2D eigenvalue weighted by Gasteiger charge is 2.17. The third kappa shape index (κ3) is 5.08. The summed E-state index contributed by atoms with van der Waals surface area (Å²) in [6, 6.07) is 62.7. The van der Waals surface area contributed by atoms with E-state index in [2.05, 4.69) is 120 Å². The number of hydrogen-bond acceptors (Lipinski definition) is 5. The van der Waals surface area contributed by atoms with Crippen LogP contribution in [0.25, 0.3) is 117 Å². The summed E-state index contributed by atoms with van der Waals surface area (Å²) in [6.45, 7) is 0. The second kappa shape index (κ2) is 12.3. The molecule has 8 aromatic carbocycles. The minimum atomic E-state index is 0.590. The van der Waals surface area contributed by atoms with Crippen molar-refractivity contribution < 1.29 is 8.83 Å². The second-order valence-electron chi connectivity index (χ2n) is 14.4. The summed E-state index contributed by atoms with van der Waals surface area (Å²) < 4.78 is 15.5. The van der Waals surface area contributed by atoms with Crippen LogP contribution in [0.1, 0.15) is 0 Å². The third-order valence-electron chi connectivity index (χ3n) is 11.1. The smallest absolute Gasteiger partial charge is 0.164 e. The van der Waals surface area contributed by atoms with Crippen LogP contribution in [-0.2, 0) is 0 Å². The standard InChI is InChI=1S/C51H30N4O2/c1-3-11-31(12-4-1)49-52-50(32-13-5-2-6-14-32)54-51(53-49)35-21-25-41-39-23-19-33(27-45(39)56-47(41)29-35)34-20-24-40-42-26-22-36(30-48(42)57-46(40)28-34)55-43-17-9-7-15-37(43)38-16-8-10-18-44(38)55/h1-30H. The molecule has 0 atom stereocenters. The molecule has 266 valence electrons. The zero-order chi connectivity index (χ0) is 37.5. The molecule has 0 N–H and O–H groups in total. The van der Waals surface area contributed by atoms with Crippen LogP contribution in [0.3, 0.4) is 0 Å². The largest absolute Gasteiger partial charge is 0.456 e. The molecule has 0 radical (unpaired) electrons. The zero-order valence-electron chi connectivity index (χ0n) is 30.4. The van der Waals surface area contributed by atoms with Crippen molar-refractivity contribution in [2.45, 2.75) is 0 Å². The summed E-state index contributed by atoms with van der Waals surface area (Å²) in [5.41, 5.74) is 11.5. The van der Waals surface area contributed by atoms with Crippen molar-refractivity contribution in [3.8, 4) is 51.0 Å². The fourth-order valence-electron chi connectivity index (χ4n) is 8.32. The van der Waals surface area contributed by atoms with Crippen LogP contribution < -0.4 is 0 Å². The third-order valence-corrected chi connectivity index (χ3v) is 11.1. The van der Waals surface area contributed by atoms with Crippen molar-refractivity contribution >= 4 is 65.7 Å². The minimum absolute atomic E-state index is 0.590. The van der Waals surface area contributed by atoms with Gasteiger partial charge in [0, 0.05) is 60.8 Å². The molecule has 6 heteroatoms. The average Bonchev–Trinajstić information content (AvgIpc) is 3.95. The molecule has 0 bridgehead atoms. The maximum atomic E-state index is 6.59. The van der Waals surface area contributed by atoms with E-state index < -0.39 is 0 Å². The van der Waals surface area contributed by atoms with Crippen LogP contribution in [0.2, 0.25) is 0 Å². The Morgan fingerprint density at radius 3 is 1.19 bits per heavy atom. The second-order valence-corrected chi connectivity index (χ2v) is 14.4. The Hall–Kier alpha value is -7.83. The van der Waals surface area contributed by atoms with Crippen LogP contribution in [0.15, 0.2) is 191 Å². The van der Waals surface area contributed by atoms with Crippen LogP contribution in [0.5, 0.6) is 0 Å². The number of nitrogens with zero attached hydrogens (tertiary/aromatic N) is 4. The predicted octanol–water partition coefficient (Wildman–Crippen LogP) is 13.4. The molecule has 0 saturated carbocycles. The van der Waals surface area contributed by atoms with E-state index in [4.69, 9.17) is 23.8 Å². The summed E-state index contributed by atoms with van der Waals surface area (Å²) in [4.78, 5) is 14.7. The Bertz CT molecular complexity index is 3410. The van der Waals surface area contributed by atoms with E-state index in [-0.39, 0.29) is 0 Å². The highest BCUT2D eigenvalue weighted by molar-refractivity contribution is 6.11. The molecule has 0 unspecified atom stereocenters. The van der Waals surface area contributed by atoms with Gasteiger partial charge in [0.1, 0.15) is 22.3 Å². The molecule has 0 saturated heterocycles. The normalized spacial score (nSPS) is 11.9. The lowest BCUT2D eigenvalue weighted by Gasteiger charge is -2.08. The number of benzene rings is 8. The van der Waals surface area contributed by atoms with E-state index >= 15 is 0 Å². The van der Waals surface area contributed by atoms with E-state index in [0.717, 1.165) is 77.4 Å². The lowest BCUT2D eigenvalue weighted by molar-refractivity contribution is 0.668. The molecule has 0 aliphatic rings. The van der Waals surface area contributed by atoms with E-state index in [1.807, 2.05) is 66.7 Å². The van der Waals surface area contributed by atoms with Gasteiger partial charge in [-0.05, 0) is 71.8 Å². The first-order chi connectivity index (χ1) is 28.2. The molecule has 0 spiro atoms. The fourth-order valence-corrected chi connectivity index (χ4v) is 8.32. The van der Waals surface area contributed by atoms with Crippen LogP contribution in [0.4, 0.5) is 0 Å². The van der Waals surface area contributed by atoms with Gasteiger partial charge >= 0.3 is 0 Å². The molecule has 4 heterocycles. The molecular weight excluding hydrogens is 701 g/mol. The molecule has 0 aliphatic heterocycles. The van der Waals surface area contributed by atoms with E-state index in [1.54, 1.807) is 0 Å². The van der Waals surface area contributed by atoms with Gasteiger partial charge in [-0.1, -0.05) is 115 Å². The molecule has 0 amide bonds. The van der Waals surface area contributed by atoms with Gasteiger partial charge in [0.2, 0.25) is 0 Å². The van der Waals surface area contributed by atoms with Gasteiger partial charge < -0.3 is 13.4 Å². The highest BCUT2D eigenvalue weighted by Crippen LogP contribution is 2.39. The molecule has 0 fully saturated rings. The summed E-state index contributed by atoms with van der Waals surface area (Å²) >= 11 is 0. The van der Waals surface area contributed by atoms with Crippen LogP contribution in [-0.4, -0.2) is 19.5 Å². The summed E-state index contributed by atoms with van der Waals surface area (Å²) in [5, 5.41) is 6.74. The van der Waals surface area contributed by atoms with Gasteiger partial charge in [0.05, 0.1) is 11.0 Å².